The van der Waals surface area contributed by atoms with Gasteiger partial charge in [-0.1, -0.05) is 20.8 Å². The SMILES string of the molecule is CC1CC(OCCCCC(C)(N)C(N)=O)CC(C)(C)C1. The second-order valence-corrected chi connectivity index (χ2v) is 7.64. The zero-order chi connectivity index (χ0) is 15.4. The third-order valence-corrected chi connectivity index (χ3v) is 4.35. The van der Waals surface area contributed by atoms with Crippen LogP contribution in [0.3, 0.4) is 0 Å². The molecule has 1 saturated carbocycles. The number of ether oxygens (including phenoxy) is 1. The van der Waals surface area contributed by atoms with E-state index < -0.39 is 11.4 Å². The van der Waals surface area contributed by atoms with Crippen molar-refractivity contribution < 1.29 is 9.53 Å². The molecule has 1 aliphatic rings. The molecule has 0 aromatic carbocycles. The molecule has 0 spiro atoms. The smallest absolute Gasteiger partial charge is 0.237 e. The molecule has 4 heteroatoms. The largest absolute Gasteiger partial charge is 0.378 e. The van der Waals surface area contributed by atoms with Crippen molar-refractivity contribution in [1.29, 1.82) is 0 Å². The van der Waals surface area contributed by atoms with E-state index in [1.165, 1.54) is 12.8 Å². The molecule has 1 amide bonds. The molecule has 1 rings (SSSR count). The molecule has 118 valence electrons. The maximum Gasteiger partial charge on any atom is 0.237 e. The van der Waals surface area contributed by atoms with Crippen LogP contribution in [0, 0.1) is 11.3 Å². The average molecular weight is 284 g/mol. The van der Waals surface area contributed by atoms with Crippen molar-refractivity contribution in [1.82, 2.24) is 0 Å². The van der Waals surface area contributed by atoms with E-state index in [0.717, 1.165) is 31.8 Å². The fourth-order valence-corrected chi connectivity index (χ4v) is 3.35. The third-order valence-electron chi connectivity index (χ3n) is 4.35. The Morgan fingerprint density at radius 1 is 1.35 bits per heavy atom. The predicted molar refractivity (Wildman–Crippen MR) is 82.2 cm³/mol. The molecule has 0 radical (unpaired) electrons. The highest BCUT2D eigenvalue weighted by Crippen LogP contribution is 2.39. The van der Waals surface area contributed by atoms with Crippen LogP contribution in [0.5, 0.6) is 0 Å². The lowest BCUT2D eigenvalue weighted by molar-refractivity contribution is -0.122. The lowest BCUT2D eigenvalue weighted by Gasteiger charge is -2.38. The number of nitrogens with two attached hydrogens (primary N) is 2. The summed E-state index contributed by atoms with van der Waals surface area (Å²) in [6, 6.07) is 0. The quantitative estimate of drug-likeness (QED) is 0.705. The van der Waals surface area contributed by atoms with Crippen LogP contribution < -0.4 is 11.5 Å². The number of hydrogen-bond acceptors (Lipinski definition) is 3. The van der Waals surface area contributed by atoms with Crippen molar-refractivity contribution in [2.75, 3.05) is 6.61 Å². The Bertz CT molecular complexity index is 326. The van der Waals surface area contributed by atoms with Crippen LogP contribution in [0.1, 0.15) is 66.2 Å². The van der Waals surface area contributed by atoms with Crippen molar-refractivity contribution >= 4 is 5.91 Å². The van der Waals surface area contributed by atoms with Crippen molar-refractivity contribution in [2.24, 2.45) is 22.8 Å². The Morgan fingerprint density at radius 3 is 2.55 bits per heavy atom. The van der Waals surface area contributed by atoms with Crippen molar-refractivity contribution in [2.45, 2.75) is 77.9 Å². The van der Waals surface area contributed by atoms with E-state index in [4.69, 9.17) is 16.2 Å². The highest BCUT2D eigenvalue weighted by atomic mass is 16.5. The number of carbonyl (C=O) groups excluding carboxylic acids is 1. The molecule has 0 aliphatic heterocycles. The lowest BCUT2D eigenvalue weighted by Crippen LogP contribution is -2.49. The van der Waals surface area contributed by atoms with Gasteiger partial charge in [0.25, 0.3) is 0 Å². The molecule has 4 N–H and O–H groups in total. The van der Waals surface area contributed by atoms with Gasteiger partial charge < -0.3 is 16.2 Å². The molecule has 3 unspecified atom stereocenters. The summed E-state index contributed by atoms with van der Waals surface area (Å²) in [6.45, 7) is 9.41. The first kappa shape index (κ1) is 17.4. The van der Waals surface area contributed by atoms with Crippen LogP contribution in [0.25, 0.3) is 0 Å². The molecule has 0 bridgehead atoms. The van der Waals surface area contributed by atoms with Crippen molar-refractivity contribution in [3.05, 3.63) is 0 Å². The lowest BCUT2D eigenvalue weighted by atomic mass is 9.71. The van der Waals surface area contributed by atoms with Gasteiger partial charge in [-0.3, -0.25) is 4.79 Å². The Kier molecular flexibility index (Phi) is 6.02. The number of primary amides is 1. The summed E-state index contributed by atoms with van der Waals surface area (Å²) in [5.41, 5.74) is 10.6. The van der Waals surface area contributed by atoms with E-state index in [9.17, 15) is 4.79 Å². The van der Waals surface area contributed by atoms with E-state index in [2.05, 4.69) is 20.8 Å². The van der Waals surface area contributed by atoms with Gasteiger partial charge in [-0.25, -0.2) is 0 Å². The summed E-state index contributed by atoms with van der Waals surface area (Å²) in [5, 5.41) is 0. The summed E-state index contributed by atoms with van der Waals surface area (Å²) in [6.07, 6.45) is 6.42. The predicted octanol–water partition coefficient (Wildman–Crippen LogP) is 2.59. The van der Waals surface area contributed by atoms with E-state index >= 15 is 0 Å². The van der Waals surface area contributed by atoms with E-state index in [0.29, 0.717) is 17.9 Å². The normalized spacial score (nSPS) is 28.9. The first-order chi connectivity index (χ1) is 9.12. The summed E-state index contributed by atoms with van der Waals surface area (Å²) in [7, 11) is 0. The third kappa shape index (κ3) is 5.80. The monoisotopic (exact) mass is 284 g/mol. The molecule has 0 aromatic rings. The maximum atomic E-state index is 11.1. The van der Waals surface area contributed by atoms with Gasteiger partial charge in [0, 0.05) is 6.61 Å². The van der Waals surface area contributed by atoms with Crippen LogP contribution in [-0.4, -0.2) is 24.2 Å². The van der Waals surface area contributed by atoms with Gasteiger partial charge in [0.1, 0.15) is 0 Å². The highest BCUT2D eigenvalue weighted by Gasteiger charge is 2.32. The van der Waals surface area contributed by atoms with Gasteiger partial charge in [-0.05, 0) is 56.8 Å². The molecule has 0 saturated heterocycles. The Labute approximate surface area is 123 Å². The zero-order valence-electron chi connectivity index (χ0n) is 13.6. The minimum Gasteiger partial charge on any atom is -0.378 e. The van der Waals surface area contributed by atoms with Crippen molar-refractivity contribution in [3.8, 4) is 0 Å². The molecule has 1 aliphatic carbocycles. The van der Waals surface area contributed by atoms with Gasteiger partial charge >= 0.3 is 0 Å². The van der Waals surface area contributed by atoms with Crippen LogP contribution >= 0.6 is 0 Å². The van der Waals surface area contributed by atoms with E-state index in [-0.39, 0.29) is 0 Å². The second kappa shape index (κ2) is 6.90. The summed E-state index contributed by atoms with van der Waals surface area (Å²) >= 11 is 0. The van der Waals surface area contributed by atoms with Crippen LogP contribution in [0.15, 0.2) is 0 Å². The highest BCUT2D eigenvalue weighted by molar-refractivity contribution is 5.83. The summed E-state index contributed by atoms with van der Waals surface area (Å²) < 4.78 is 6.01. The maximum absolute atomic E-state index is 11.1. The van der Waals surface area contributed by atoms with Gasteiger partial charge in [-0.15, -0.1) is 0 Å². The summed E-state index contributed by atoms with van der Waals surface area (Å²) in [5.74, 6) is 0.312. The molecule has 4 nitrogen and oxygen atoms in total. The molecular formula is C16H32N2O2. The minimum absolute atomic E-state index is 0.383. The van der Waals surface area contributed by atoms with Crippen LogP contribution in [0.4, 0.5) is 0 Å². The molecule has 3 atom stereocenters. The topological polar surface area (TPSA) is 78.3 Å². The Morgan fingerprint density at radius 2 is 2.00 bits per heavy atom. The molecule has 0 aromatic heterocycles. The summed E-state index contributed by atoms with van der Waals surface area (Å²) in [4.78, 5) is 11.1. The van der Waals surface area contributed by atoms with Gasteiger partial charge in [0.15, 0.2) is 0 Å². The number of hydrogen-bond donors (Lipinski definition) is 2. The molecular weight excluding hydrogens is 252 g/mol. The number of rotatable bonds is 7. The van der Waals surface area contributed by atoms with Crippen molar-refractivity contribution in [3.63, 3.8) is 0 Å². The van der Waals surface area contributed by atoms with Crippen LogP contribution in [0.2, 0.25) is 0 Å². The fraction of sp³-hybridized carbons (Fsp3) is 0.938. The van der Waals surface area contributed by atoms with E-state index in [1.807, 2.05) is 0 Å². The van der Waals surface area contributed by atoms with Gasteiger partial charge in [-0.2, -0.15) is 0 Å². The Balaban J connectivity index is 2.20. The minimum atomic E-state index is -0.888. The standard InChI is InChI=1S/C16H32N2O2/c1-12-9-13(11-15(2,3)10-12)20-8-6-5-7-16(4,18)14(17)19/h12-13H,5-11,18H2,1-4H3,(H2,17,19). The zero-order valence-corrected chi connectivity index (χ0v) is 13.6. The Hall–Kier alpha value is -0.610. The van der Waals surface area contributed by atoms with Gasteiger partial charge in [0.2, 0.25) is 5.91 Å². The average Bonchev–Trinajstić information content (AvgIpc) is 2.25. The molecule has 1 fully saturated rings. The number of amides is 1. The fourth-order valence-electron chi connectivity index (χ4n) is 3.35. The first-order valence-electron chi connectivity index (χ1n) is 7.83. The van der Waals surface area contributed by atoms with Crippen LogP contribution in [-0.2, 0) is 9.53 Å². The number of carbonyl (C=O) groups is 1. The first-order valence-corrected chi connectivity index (χ1v) is 7.83. The van der Waals surface area contributed by atoms with E-state index in [1.54, 1.807) is 6.92 Å². The van der Waals surface area contributed by atoms with Gasteiger partial charge in [0.05, 0.1) is 11.6 Å². The molecule has 0 heterocycles. The second-order valence-electron chi connectivity index (χ2n) is 7.64. The molecule has 20 heavy (non-hydrogen) atoms. The number of unbranched alkanes of at least 4 members (excludes halogenated alkanes) is 1.